The van der Waals surface area contributed by atoms with Crippen LogP contribution in [0.4, 0.5) is 10.1 Å². The number of hydrogen-bond acceptors (Lipinski definition) is 7. The van der Waals surface area contributed by atoms with Crippen molar-refractivity contribution in [2.24, 2.45) is 0 Å². The van der Waals surface area contributed by atoms with Crippen molar-refractivity contribution in [2.75, 3.05) is 5.32 Å². The fraction of sp³-hybridized carbons (Fsp3) is 0.118. The molecule has 0 aromatic heterocycles. The van der Waals surface area contributed by atoms with Crippen LogP contribution in [0.5, 0.6) is 0 Å². The largest absolute Gasteiger partial charge is 0.762 e. The lowest BCUT2D eigenvalue weighted by Gasteiger charge is -2.32. The fourth-order valence-electron chi connectivity index (χ4n) is 2.62. The first kappa shape index (κ1) is 17.7. The molecule has 0 bridgehead atoms. The first-order valence-corrected chi connectivity index (χ1v) is 7.44. The summed E-state index contributed by atoms with van der Waals surface area (Å²) in [6.45, 7) is 0. The van der Waals surface area contributed by atoms with Crippen LogP contribution in [0, 0.1) is 11.0 Å². The van der Waals surface area contributed by atoms with Crippen LogP contribution in [0.15, 0.2) is 48.5 Å². The smallest absolute Gasteiger partial charge is 0.339 e. The molecule has 1 aliphatic heterocycles. The van der Waals surface area contributed by atoms with E-state index in [4.69, 9.17) is 4.74 Å². The van der Waals surface area contributed by atoms with Gasteiger partial charge in [-0.3, -0.25) is 14.8 Å². The number of ketones is 1. The first-order chi connectivity index (χ1) is 12.4. The number of ether oxygens (including phenoxy) is 1. The molecule has 2 aromatic rings. The van der Waals surface area contributed by atoms with Crippen molar-refractivity contribution < 1.29 is 28.7 Å². The molecule has 2 unspecified atom stereocenters. The number of fused-ring (bicyclic) bond motifs is 1. The first-order valence-electron chi connectivity index (χ1n) is 7.44. The molecule has 9 heteroatoms. The number of benzene rings is 2. The Labute approximate surface area is 146 Å². The van der Waals surface area contributed by atoms with Gasteiger partial charge in [0.1, 0.15) is 11.9 Å². The standard InChI is InChI=1S/C17H12FN2O6/c18-9-5-7-10(8-6-9)19-16(22)14(21)13(20(24)25)15-11-3-1-2-4-12(11)17(23)26-15/h1-8,13,15,24H,(H,19,22)/q-1. The number of halogens is 1. The van der Waals surface area contributed by atoms with Crippen LogP contribution in [-0.2, 0) is 14.3 Å². The summed E-state index contributed by atoms with van der Waals surface area (Å²) < 4.78 is 17.9. The lowest BCUT2D eigenvalue weighted by atomic mass is 9.97. The Kier molecular flexibility index (Phi) is 4.76. The van der Waals surface area contributed by atoms with E-state index in [0.717, 1.165) is 12.1 Å². The Morgan fingerprint density at radius 1 is 1.19 bits per heavy atom. The van der Waals surface area contributed by atoms with Crippen molar-refractivity contribution in [3.05, 3.63) is 70.7 Å². The van der Waals surface area contributed by atoms with Crippen molar-refractivity contribution >= 4 is 23.3 Å². The summed E-state index contributed by atoms with van der Waals surface area (Å²) >= 11 is 0. The van der Waals surface area contributed by atoms with E-state index in [1.807, 2.05) is 0 Å². The van der Waals surface area contributed by atoms with Gasteiger partial charge in [-0.15, -0.1) is 0 Å². The zero-order valence-electron chi connectivity index (χ0n) is 13.1. The van der Waals surface area contributed by atoms with E-state index in [1.54, 1.807) is 12.1 Å². The quantitative estimate of drug-likeness (QED) is 0.475. The Balaban J connectivity index is 1.84. The molecule has 3 rings (SSSR count). The maximum absolute atomic E-state index is 12.9. The minimum Gasteiger partial charge on any atom is -0.762 e. The molecule has 2 atom stereocenters. The molecule has 1 heterocycles. The SMILES string of the molecule is O=C(Nc1ccc(F)cc1)C(=O)C(C1OC(=O)c2ccccc21)N([O-])O. The van der Waals surface area contributed by atoms with Gasteiger partial charge in [-0.25, -0.2) is 9.18 Å². The van der Waals surface area contributed by atoms with Crippen molar-refractivity contribution in [3.8, 4) is 0 Å². The second kappa shape index (κ2) is 7.00. The zero-order valence-corrected chi connectivity index (χ0v) is 13.1. The van der Waals surface area contributed by atoms with E-state index in [-0.39, 0.29) is 16.8 Å². The van der Waals surface area contributed by atoms with Gasteiger partial charge in [-0.05, 0) is 30.3 Å². The molecule has 26 heavy (non-hydrogen) atoms. The Morgan fingerprint density at radius 2 is 1.85 bits per heavy atom. The molecule has 0 radical (unpaired) electrons. The number of nitrogens with zero attached hydrogens (tertiary/aromatic N) is 1. The normalized spacial score (nSPS) is 16.8. The summed E-state index contributed by atoms with van der Waals surface area (Å²) in [5.41, 5.74) is 0.458. The molecule has 0 aliphatic carbocycles. The van der Waals surface area contributed by atoms with Crippen LogP contribution < -0.4 is 5.32 Å². The number of carbonyl (C=O) groups excluding carboxylic acids is 3. The van der Waals surface area contributed by atoms with Crippen LogP contribution in [-0.4, -0.2) is 34.1 Å². The predicted molar refractivity (Wildman–Crippen MR) is 85.4 cm³/mol. The number of hydroxylamine groups is 2. The monoisotopic (exact) mass is 359 g/mol. The summed E-state index contributed by atoms with van der Waals surface area (Å²) in [4.78, 5) is 36.3. The average Bonchev–Trinajstić information content (AvgIpc) is 2.94. The van der Waals surface area contributed by atoms with Crippen molar-refractivity contribution in [3.63, 3.8) is 0 Å². The van der Waals surface area contributed by atoms with Gasteiger partial charge in [0.15, 0.2) is 6.10 Å². The third kappa shape index (κ3) is 3.31. The molecule has 0 fully saturated rings. The molecule has 2 N–H and O–H groups in total. The molecule has 0 saturated carbocycles. The van der Waals surface area contributed by atoms with E-state index >= 15 is 0 Å². The number of Topliss-reactive ketones (excluding diaryl/α,β-unsaturated/α-hetero) is 1. The average molecular weight is 359 g/mol. The molecule has 0 spiro atoms. The third-order valence-corrected chi connectivity index (χ3v) is 3.84. The highest BCUT2D eigenvalue weighted by molar-refractivity contribution is 6.42. The fourth-order valence-corrected chi connectivity index (χ4v) is 2.62. The van der Waals surface area contributed by atoms with E-state index in [0.29, 0.717) is 0 Å². The van der Waals surface area contributed by atoms with Gasteiger partial charge >= 0.3 is 5.97 Å². The molecular formula is C17H12FN2O6-. The van der Waals surface area contributed by atoms with Crippen molar-refractivity contribution in [2.45, 2.75) is 12.1 Å². The van der Waals surface area contributed by atoms with Gasteiger partial charge in [-0.1, -0.05) is 18.2 Å². The Morgan fingerprint density at radius 3 is 2.50 bits per heavy atom. The Hall–Kier alpha value is -3.14. The number of cyclic esters (lactones) is 1. The summed E-state index contributed by atoms with van der Waals surface area (Å²) in [5.74, 6) is -3.86. The molecule has 8 nitrogen and oxygen atoms in total. The number of nitrogens with one attached hydrogen (secondary N) is 1. The van der Waals surface area contributed by atoms with Crippen molar-refractivity contribution in [1.29, 1.82) is 0 Å². The minimum atomic E-state index is -1.98. The number of hydrogen-bond donors (Lipinski definition) is 2. The summed E-state index contributed by atoms with van der Waals surface area (Å²) in [6.07, 6.45) is -1.44. The second-order valence-electron chi connectivity index (χ2n) is 5.49. The second-order valence-corrected chi connectivity index (χ2v) is 5.49. The number of anilines is 1. The molecule has 1 amide bonds. The number of esters is 1. The maximum Gasteiger partial charge on any atom is 0.339 e. The summed E-state index contributed by atoms with van der Waals surface area (Å²) in [6, 6.07) is 8.59. The lowest BCUT2D eigenvalue weighted by Crippen LogP contribution is -2.45. The van der Waals surface area contributed by atoms with Gasteiger partial charge < -0.3 is 20.5 Å². The highest BCUT2D eigenvalue weighted by atomic mass is 19.1. The van der Waals surface area contributed by atoms with E-state index < -0.39 is 40.8 Å². The van der Waals surface area contributed by atoms with Gasteiger partial charge in [-0.2, -0.15) is 0 Å². The van der Waals surface area contributed by atoms with E-state index in [1.165, 1.54) is 24.3 Å². The van der Waals surface area contributed by atoms with Gasteiger partial charge in [0.25, 0.3) is 5.91 Å². The van der Waals surface area contributed by atoms with Gasteiger partial charge in [0.05, 0.1) is 5.56 Å². The van der Waals surface area contributed by atoms with E-state index in [2.05, 4.69) is 5.32 Å². The topological polar surface area (TPSA) is 119 Å². The van der Waals surface area contributed by atoms with Crippen molar-refractivity contribution in [1.82, 2.24) is 5.23 Å². The van der Waals surface area contributed by atoms with Crippen LogP contribution in [0.25, 0.3) is 0 Å². The lowest BCUT2D eigenvalue weighted by molar-refractivity contribution is -0.156. The number of rotatable bonds is 5. The Bertz CT molecular complexity index is 868. The highest BCUT2D eigenvalue weighted by Crippen LogP contribution is 2.35. The highest BCUT2D eigenvalue weighted by Gasteiger charge is 2.42. The molecule has 134 valence electrons. The number of amides is 1. The zero-order chi connectivity index (χ0) is 18.8. The van der Waals surface area contributed by atoms with Crippen LogP contribution >= 0.6 is 0 Å². The van der Waals surface area contributed by atoms with Crippen LogP contribution in [0.3, 0.4) is 0 Å². The third-order valence-electron chi connectivity index (χ3n) is 3.84. The summed E-state index contributed by atoms with van der Waals surface area (Å²) in [7, 11) is 0. The number of carbonyl (C=O) groups is 3. The predicted octanol–water partition coefficient (Wildman–Crippen LogP) is 1.80. The molecular weight excluding hydrogens is 347 g/mol. The van der Waals surface area contributed by atoms with Crippen LogP contribution in [0.1, 0.15) is 22.0 Å². The van der Waals surface area contributed by atoms with E-state index in [9.17, 15) is 29.2 Å². The maximum atomic E-state index is 12.9. The molecule has 1 aliphatic rings. The van der Waals surface area contributed by atoms with Gasteiger partial charge in [0.2, 0.25) is 5.78 Å². The molecule has 0 saturated heterocycles. The minimum absolute atomic E-state index is 0.114. The van der Waals surface area contributed by atoms with Gasteiger partial charge in [0, 0.05) is 11.3 Å². The summed E-state index contributed by atoms with van der Waals surface area (Å²) in [5, 5.41) is 22.3. The van der Waals surface area contributed by atoms with Crippen LogP contribution in [0.2, 0.25) is 0 Å². The molecule has 2 aromatic carbocycles.